The number of hydrogen-bond donors (Lipinski definition) is 1. The molecular formula is C14H26N2O. The number of carbonyl (C=O) groups excluding carboxylic acids is 1. The van der Waals surface area contributed by atoms with E-state index in [1.807, 2.05) is 6.92 Å². The lowest BCUT2D eigenvalue weighted by atomic mass is 9.83. The van der Waals surface area contributed by atoms with Gasteiger partial charge in [-0.25, -0.2) is 0 Å². The smallest absolute Gasteiger partial charge is 0.240 e. The lowest BCUT2D eigenvalue weighted by molar-refractivity contribution is -0.132. The first-order chi connectivity index (χ1) is 8.13. The second-order valence-electron chi connectivity index (χ2n) is 5.77. The molecule has 2 unspecified atom stereocenters. The van der Waals surface area contributed by atoms with E-state index in [4.69, 9.17) is 0 Å². The fourth-order valence-corrected chi connectivity index (χ4v) is 3.54. The second kappa shape index (κ2) is 5.38. The van der Waals surface area contributed by atoms with Gasteiger partial charge in [0, 0.05) is 6.04 Å². The molecule has 2 aliphatic rings. The van der Waals surface area contributed by atoms with Gasteiger partial charge in [-0.15, -0.1) is 0 Å². The van der Waals surface area contributed by atoms with E-state index < -0.39 is 0 Å². The molecular weight excluding hydrogens is 212 g/mol. The van der Waals surface area contributed by atoms with Gasteiger partial charge in [-0.1, -0.05) is 19.8 Å². The Hall–Kier alpha value is -0.570. The van der Waals surface area contributed by atoms with Gasteiger partial charge in [-0.05, 0) is 45.4 Å². The second-order valence-corrected chi connectivity index (χ2v) is 5.77. The molecule has 1 N–H and O–H groups in total. The molecule has 1 aliphatic carbocycles. The van der Waals surface area contributed by atoms with Crippen LogP contribution in [0.25, 0.3) is 0 Å². The minimum absolute atomic E-state index is 0.0124. The highest BCUT2D eigenvalue weighted by Gasteiger charge is 2.39. The molecule has 2 atom stereocenters. The summed E-state index contributed by atoms with van der Waals surface area (Å²) in [4.78, 5) is 14.2. The van der Waals surface area contributed by atoms with Gasteiger partial charge in [0.05, 0.1) is 12.2 Å². The molecule has 3 nitrogen and oxygen atoms in total. The molecule has 1 heterocycles. The quantitative estimate of drug-likeness (QED) is 0.819. The summed E-state index contributed by atoms with van der Waals surface area (Å²) in [5.74, 6) is 1.21. The van der Waals surface area contributed by atoms with Crippen LogP contribution in [-0.4, -0.2) is 29.1 Å². The average molecular weight is 238 g/mol. The van der Waals surface area contributed by atoms with Crippen LogP contribution in [0.1, 0.15) is 59.3 Å². The van der Waals surface area contributed by atoms with Gasteiger partial charge in [0.1, 0.15) is 0 Å². The first-order valence-electron chi connectivity index (χ1n) is 7.21. The Kier molecular flexibility index (Phi) is 4.08. The Morgan fingerprint density at radius 2 is 1.88 bits per heavy atom. The van der Waals surface area contributed by atoms with Crippen molar-refractivity contribution in [3.05, 3.63) is 0 Å². The molecule has 0 bridgehead atoms. The van der Waals surface area contributed by atoms with Crippen LogP contribution in [-0.2, 0) is 4.79 Å². The molecule has 1 saturated carbocycles. The maximum atomic E-state index is 12.1. The molecule has 98 valence electrons. The largest absolute Gasteiger partial charge is 0.323 e. The van der Waals surface area contributed by atoms with Crippen molar-refractivity contribution in [3.63, 3.8) is 0 Å². The van der Waals surface area contributed by atoms with Crippen molar-refractivity contribution in [2.75, 3.05) is 0 Å². The summed E-state index contributed by atoms with van der Waals surface area (Å²) in [6.07, 6.45) is 7.92. The Bertz CT molecular complexity index is 271. The lowest BCUT2D eigenvalue weighted by Gasteiger charge is -2.36. The van der Waals surface area contributed by atoms with Crippen molar-refractivity contribution in [2.45, 2.75) is 77.5 Å². The summed E-state index contributed by atoms with van der Waals surface area (Å²) in [5.41, 5.74) is 0. The highest BCUT2D eigenvalue weighted by Crippen LogP contribution is 2.32. The molecule has 0 aromatic heterocycles. The number of rotatable bonds is 3. The number of carbonyl (C=O) groups is 1. The Morgan fingerprint density at radius 3 is 2.35 bits per heavy atom. The average Bonchev–Trinajstić information content (AvgIpc) is 2.55. The predicted octanol–water partition coefficient (Wildman–Crippen LogP) is 2.51. The molecule has 0 aromatic rings. The van der Waals surface area contributed by atoms with Crippen LogP contribution < -0.4 is 5.32 Å². The third kappa shape index (κ3) is 2.65. The highest BCUT2D eigenvalue weighted by atomic mass is 16.2. The first kappa shape index (κ1) is 12.9. The first-order valence-corrected chi connectivity index (χ1v) is 7.21. The third-order valence-corrected chi connectivity index (χ3v) is 4.44. The molecule has 0 radical (unpaired) electrons. The van der Waals surface area contributed by atoms with Crippen LogP contribution in [0.15, 0.2) is 0 Å². The number of amides is 1. The summed E-state index contributed by atoms with van der Waals surface area (Å²) >= 11 is 0. The van der Waals surface area contributed by atoms with E-state index in [0.29, 0.717) is 11.9 Å². The minimum atomic E-state index is 0.0124. The number of nitrogens with one attached hydrogen (secondary N) is 1. The zero-order valence-corrected chi connectivity index (χ0v) is 11.4. The van der Waals surface area contributed by atoms with Crippen molar-refractivity contribution in [1.29, 1.82) is 0 Å². The van der Waals surface area contributed by atoms with Crippen LogP contribution in [0.2, 0.25) is 0 Å². The Labute approximate surface area is 105 Å². The lowest BCUT2D eigenvalue weighted by Crippen LogP contribution is -2.44. The molecule has 1 aliphatic heterocycles. The summed E-state index contributed by atoms with van der Waals surface area (Å²) in [6, 6.07) is 0.501. The van der Waals surface area contributed by atoms with E-state index in [0.717, 1.165) is 5.92 Å². The van der Waals surface area contributed by atoms with Crippen LogP contribution in [0, 0.1) is 5.92 Å². The molecule has 1 saturated heterocycles. The summed E-state index contributed by atoms with van der Waals surface area (Å²) in [6.45, 7) is 6.35. The van der Waals surface area contributed by atoms with Gasteiger partial charge < -0.3 is 4.90 Å². The van der Waals surface area contributed by atoms with Crippen molar-refractivity contribution in [1.82, 2.24) is 10.2 Å². The SMILES string of the molecule is CCCC1CCC(N2C(=O)C(C)NC2C)CC1. The molecule has 1 amide bonds. The van der Waals surface area contributed by atoms with Gasteiger partial charge in [0.2, 0.25) is 5.91 Å². The fourth-order valence-electron chi connectivity index (χ4n) is 3.54. The fraction of sp³-hybridized carbons (Fsp3) is 0.929. The molecule has 2 fully saturated rings. The van der Waals surface area contributed by atoms with Gasteiger partial charge in [-0.2, -0.15) is 0 Å². The van der Waals surface area contributed by atoms with Crippen molar-refractivity contribution >= 4 is 5.91 Å². The Morgan fingerprint density at radius 1 is 1.24 bits per heavy atom. The van der Waals surface area contributed by atoms with E-state index in [1.165, 1.54) is 38.5 Å². The molecule has 0 aromatic carbocycles. The standard InChI is InChI=1S/C14H26N2O/c1-4-5-12-6-8-13(9-7-12)16-11(3)15-10(2)14(16)17/h10-13,15H,4-9H2,1-3H3. The number of nitrogens with zero attached hydrogens (tertiary/aromatic N) is 1. The van der Waals surface area contributed by atoms with E-state index in [9.17, 15) is 4.79 Å². The topological polar surface area (TPSA) is 32.3 Å². The molecule has 2 rings (SSSR count). The summed E-state index contributed by atoms with van der Waals surface area (Å²) in [7, 11) is 0. The monoisotopic (exact) mass is 238 g/mol. The maximum Gasteiger partial charge on any atom is 0.240 e. The predicted molar refractivity (Wildman–Crippen MR) is 69.6 cm³/mol. The van der Waals surface area contributed by atoms with Crippen molar-refractivity contribution in [2.24, 2.45) is 5.92 Å². The molecule has 17 heavy (non-hydrogen) atoms. The molecule has 3 heteroatoms. The third-order valence-electron chi connectivity index (χ3n) is 4.44. The van der Waals surface area contributed by atoms with Crippen molar-refractivity contribution in [3.8, 4) is 0 Å². The molecule has 0 spiro atoms. The van der Waals surface area contributed by atoms with E-state index in [2.05, 4.69) is 24.1 Å². The van der Waals surface area contributed by atoms with Crippen molar-refractivity contribution < 1.29 is 4.79 Å². The van der Waals surface area contributed by atoms with Gasteiger partial charge >= 0.3 is 0 Å². The van der Waals surface area contributed by atoms with Crippen LogP contribution in [0.4, 0.5) is 0 Å². The zero-order valence-electron chi connectivity index (χ0n) is 11.4. The van der Waals surface area contributed by atoms with Crippen LogP contribution >= 0.6 is 0 Å². The van der Waals surface area contributed by atoms with E-state index in [-0.39, 0.29) is 12.2 Å². The minimum Gasteiger partial charge on any atom is -0.323 e. The Balaban J connectivity index is 1.90. The van der Waals surface area contributed by atoms with Gasteiger partial charge in [0.25, 0.3) is 0 Å². The van der Waals surface area contributed by atoms with Crippen LogP contribution in [0.5, 0.6) is 0 Å². The van der Waals surface area contributed by atoms with Gasteiger partial charge in [0.15, 0.2) is 0 Å². The van der Waals surface area contributed by atoms with Gasteiger partial charge in [-0.3, -0.25) is 10.1 Å². The summed E-state index contributed by atoms with van der Waals surface area (Å²) in [5, 5.41) is 3.33. The summed E-state index contributed by atoms with van der Waals surface area (Å²) < 4.78 is 0. The zero-order chi connectivity index (χ0) is 12.4. The number of hydrogen-bond acceptors (Lipinski definition) is 2. The van der Waals surface area contributed by atoms with E-state index >= 15 is 0 Å². The van der Waals surface area contributed by atoms with Crippen LogP contribution in [0.3, 0.4) is 0 Å². The maximum absolute atomic E-state index is 12.1. The van der Waals surface area contributed by atoms with E-state index in [1.54, 1.807) is 0 Å². The highest BCUT2D eigenvalue weighted by molar-refractivity contribution is 5.84. The normalized spacial score (nSPS) is 38.8.